The van der Waals surface area contributed by atoms with Gasteiger partial charge in [0.2, 0.25) is 5.95 Å². The molecule has 4 nitrogen and oxygen atoms in total. The molecule has 88 valence electrons. The number of halogens is 1. The zero-order chi connectivity index (χ0) is 11.5. The van der Waals surface area contributed by atoms with Crippen molar-refractivity contribution in [1.82, 2.24) is 9.97 Å². The summed E-state index contributed by atoms with van der Waals surface area (Å²) in [5, 5.41) is 2.93. The van der Waals surface area contributed by atoms with Gasteiger partial charge in [0, 0.05) is 19.6 Å². The fourth-order valence-corrected chi connectivity index (χ4v) is 1.89. The van der Waals surface area contributed by atoms with Gasteiger partial charge in [0.1, 0.15) is 0 Å². The van der Waals surface area contributed by atoms with Gasteiger partial charge in [0.25, 0.3) is 0 Å². The van der Waals surface area contributed by atoms with E-state index in [1.54, 1.807) is 6.92 Å². The molecule has 0 aliphatic carbocycles. The minimum Gasteiger partial charge on any atom is -0.368 e. The standard InChI is InChI=1S/C11H17FN4/c1-3-13-10-9(12)8(2)14-11(15-10)16-6-4-5-7-16/h3-7H2,1-2H3,(H,13,14,15). The van der Waals surface area contributed by atoms with Crippen LogP contribution >= 0.6 is 0 Å². The topological polar surface area (TPSA) is 41.1 Å². The molecule has 2 rings (SSSR count). The summed E-state index contributed by atoms with van der Waals surface area (Å²) < 4.78 is 13.6. The van der Waals surface area contributed by atoms with Crippen molar-refractivity contribution < 1.29 is 4.39 Å². The van der Waals surface area contributed by atoms with Crippen molar-refractivity contribution in [3.8, 4) is 0 Å². The quantitative estimate of drug-likeness (QED) is 0.852. The summed E-state index contributed by atoms with van der Waals surface area (Å²) in [7, 11) is 0. The molecule has 2 heterocycles. The number of aryl methyl sites for hydroxylation is 1. The summed E-state index contributed by atoms with van der Waals surface area (Å²) in [5.74, 6) is 0.619. The van der Waals surface area contributed by atoms with E-state index in [1.807, 2.05) is 6.92 Å². The summed E-state index contributed by atoms with van der Waals surface area (Å²) in [6, 6.07) is 0. The van der Waals surface area contributed by atoms with Crippen molar-refractivity contribution in [3.63, 3.8) is 0 Å². The highest BCUT2D eigenvalue weighted by Crippen LogP contribution is 2.21. The van der Waals surface area contributed by atoms with Gasteiger partial charge in [-0.15, -0.1) is 0 Å². The number of rotatable bonds is 3. The maximum atomic E-state index is 13.6. The molecule has 1 aliphatic heterocycles. The first kappa shape index (κ1) is 11.1. The number of nitrogens with zero attached hydrogens (tertiary/aromatic N) is 3. The number of hydrogen-bond donors (Lipinski definition) is 1. The molecule has 16 heavy (non-hydrogen) atoms. The Kier molecular flexibility index (Phi) is 3.22. The van der Waals surface area contributed by atoms with Crippen LogP contribution in [-0.2, 0) is 0 Å². The highest BCUT2D eigenvalue weighted by atomic mass is 19.1. The first-order valence-electron chi connectivity index (χ1n) is 5.75. The Balaban J connectivity index is 2.31. The maximum Gasteiger partial charge on any atom is 0.227 e. The SMILES string of the molecule is CCNc1nc(N2CCCC2)nc(C)c1F. The average Bonchev–Trinajstić information content (AvgIpc) is 2.78. The van der Waals surface area contributed by atoms with Crippen LogP contribution in [0.4, 0.5) is 16.2 Å². The Morgan fingerprint density at radius 1 is 1.31 bits per heavy atom. The Morgan fingerprint density at radius 3 is 2.62 bits per heavy atom. The van der Waals surface area contributed by atoms with E-state index in [-0.39, 0.29) is 5.82 Å². The zero-order valence-electron chi connectivity index (χ0n) is 9.76. The van der Waals surface area contributed by atoms with Crippen molar-refractivity contribution in [3.05, 3.63) is 11.5 Å². The van der Waals surface area contributed by atoms with Crippen molar-refractivity contribution in [2.75, 3.05) is 29.9 Å². The molecular weight excluding hydrogens is 207 g/mol. The summed E-state index contributed by atoms with van der Waals surface area (Å²) in [6.45, 7) is 6.20. The molecule has 5 heteroatoms. The van der Waals surface area contributed by atoms with Crippen molar-refractivity contribution in [2.24, 2.45) is 0 Å². The maximum absolute atomic E-state index is 13.6. The van der Waals surface area contributed by atoms with E-state index in [2.05, 4.69) is 20.2 Å². The molecule has 1 N–H and O–H groups in total. The van der Waals surface area contributed by atoms with Gasteiger partial charge in [-0.05, 0) is 26.7 Å². The van der Waals surface area contributed by atoms with Crippen LogP contribution in [-0.4, -0.2) is 29.6 Å². The molecule has 0 radical (unpaired) electrons. The lowest BCUT2D eigenvalue weighted by molar-refractivity contribution is 0.604. The lowest BCUT2D eigenvalue weighted by atomic mass is 10.4. The van der Waals surface area contributed by atoms with Gasteiger partial charge in [-0.3, -0.25) is 0 Å². The Labute approximate surface area is 94.9 Å². The van der Waals surface area contributed by atoms with E-state index in [4.69, 9.17) is 0 Å². The summed E-state index contributed by atoms with van der Waals surface area (Å²) in [4.78, 5) is 10.5. The fourth-order valence-electron chi connectivity index (χ4n) is 1.89. The Bertz CT molecular complexity index is 374. The van der Waals surface area contributed by atoms with E-state index in [9.17, 15) is 4.39 Å². The molecular formula is C11H17FN4. The van der Waals surface area contributed by atoms with Crippen LogP contribution in [0.3, 0.4) is 0 Å². The number of aromatic nitrogens is 2. The molecule has 0 amide bonds. The fraction of sp³-hybridized carbons (Fsp3) is 0.636. The molecule has 1 aromatic rings. The summed E-state index contributed by atoms with van der Waals surface area (Å²) in [5.41, 5.74) is 0.410. The summed E-state index contributed by atoms with van der Waals surface area (Å²) in [6.07, 6.45) is 2.33. The minimum absolute atomic E-state index is 0.317. The second kappa shape index (κ2) is 4.63. The molecule has 0 bridgehead atoms. The second-order valence-corrected chi connectivity index (χ2v) is 4.00. The monoisotopic (exact) mass is 224 g/mol. The van der Waals surface area contributed by atoms with E-state index < -0.39 is 0 Å². The van der Waals surface area contributed by atoms with Gasteiger partial charge in [0.05, 0.1) is 5.69 Å². The smallest absolute Gasteiger partial charge is 0.227 e. The van der Waals surface area contributed by atoms with Gasteiger partial charge in [-0.2, -0.15) is 4.98 Å². The first-order chi connectivity index (χ1) is 7.72. The van der Waals surface area contributed by atoms with E-state index >= 15 is 0 Å². The van der Waals surface area contributed by atoms with Crippen LogP contribution in [0.15, 0.2) is 0 Å². The minimum atomic E-state index is -0.343. The van der Waals surface area contributed by atoms with Crippen LogP contribution in [0.2, 0.25) is 0 Å². The third kappa shape index (κ3) is 2.08. The molecule has 1 fully saturated rings. The third-order valence-electron chi connectivity index (χ3n) is 2.74. The van der Waals surface area contributed by atoms with Gasteiger partial charge < -0.3 is 10.2 Å². The van der Waals surface area contributed by atoms with Gasteiger partial charge >= 0.3 is 0 Å². The normalized spacial score (nSPS) is 15.6. The Hall–Kier alpha value is -1.39. The largest absolute Gasteiger partial charge is 0.368 e. The van der Waals surface area contributed by atoms with Crippen LogP contribution in [0.1, 0.15) is 25.5 Å². The highest BCUT2D eigenvalue weighted by molar-refractivity contribution is 5.45. The van der Waals surface area contributed by atoms with Crippen molar-refractivity contribution >= 4 is 11.8 Å². The summed E-state index contributed by atoms with van der Waals surface area (Å²) >= 11 is 0. The first-order valence-corrected chi connectivity index (χ1v) is 5.75. The Morgan fingerprint density at radius 2 is 2.00 bits per heavy atom. The number of anilines is 2. The van der Waals surface area contributed by atoms with E-state index in [1.165, 1.54) is 0 Å². The van der Waals surface area contributed by atoms with E-state index in [0.29, 0.717) is 24.0 Å². The molecule has 0 saturated carbocycles. The number of hydrogen-bond acceptors (Lipinski definition) is 4. The van der Waals surface area contributed by atoms with Crippen molar-refractivity contribution in [1.29, 1.82) is 0 Å². The van der Waals surface area contributed by atoms with Gasteiger partial charge in [0.15, 0.2) is 11.6 Å². The second-order valence-electron chi connectivity index (χ2n) is 4.00. The van der Waals surface area contributed by atoms with Gasteiger partial charge in [-0.25, -0.2) is 9.37 Å². The van der Waals surface area contributed by atoms with Crippen molar-refractivity contribution in [2.45, 2.75) is 26.7 Å². The molecule has 1 saturated heterocycles. The molecule has 1 aromatic heterocycles. The third-order valence-corrected chi connectivity index (χ3v) is 2.74. The zero-order valence-corrected chi connectivity index (χ0v) is 9.76. The highest BCUT2D eigenvalue weighted by Gasteiger charge is 2.18. The lowest BCUT2D eigenvalue weighted by Gasteiger charge is -2.17. The van der Waals surface area contributed by atoms with Crippen LogP contribution in [0.5, 0.6) is 0 Å². The predicted octanol–water partition coefficient (Wildman–Crippen LogP) is 1.96. The predicted molar refractivity (Wildman–Crippen MR) is 62.3 cm³/mol. The van der Waals surface area contributed by atoms with E-state index in [0.717, 1.165) is 25.9 Å². The average molecular weight is 224 g/mol. The molecule has 0 unspecified atom stereocenters. The molecule has 1 aliphatic rings. The molecule has 0 spiro atoms. The van der Waals surface area contributed by atoms with Gasteiger partial charge in [-0.1, -0.05) is 0 Å². The number of nitrogens with one attached hydrogen (secondary N) is 1. The van der Waals surface area contributed by atoms with Crippen LogP contribution < -0.4 is 10.2 Å². The molecule has 0 atom stereocenters. The van der Waals surface area contributed by atoms with Crippen LogP contribution in [0.25, 0.3) is 0 Å². The lowest BCUT2D eigenvalue weighted by Crippen LogP contribution is -2.22. The van der Waals surface area contributed by atoms with Crippen LogP contribution in [0, 0.1) is 12.7 Å². The molecule has 0 aromatic carbocycles.